The Balaban J connectivity index is 1.88. The van der Waals surface area contributed by atoms with Gasteiger partial charge in [0.05, 0.1) is 14.0 Å². The summed E-state index contributed by atoms with van der Waals surface area (Å²) in [5.41, 5.74) is -0.445. The summed E-state index contributed by atoms with van der Waals surface area (Å²) in [7, 11) is 0. The van der Waals surface area contributed by atoms with Gasteiger partial charge in [0.1, 0.15) is 6.08 Å². The maximum absolute atomic E-state index is 14.6. The smallest absolute Gasteiger partial charge is 0.305 e. The zero-order valence-corrected chi connectivity index (χ0v) is 17.4. The van der Waals surface area contributed by atoms with Crippen LogP contribution in [-0.2, 0) is 20.2 Å². The minimum atomic E-state index is -3.79. The Kier molecular flexibility index (Phi) is 8.81. The monoisotopic (exact) mass is 425 g/mol. The number of carbonyl (C=O) groups is 2. The molecule has 1 saturated heterocycles. The average Bonchev–Trinajstić information content (AvgIpc) is 3.09. The summed E-state index contributed by atoms with van der Waals surface area (Å²) in [5, 5.41) is 10.2. The molecule has 1 fully saturated rings. The lowest BCUT2D eigenvalue weighted by molar-refractivity contribution is -0.143. The number of esters is 1. The number of likely N-dealkylation sites (tertiary alicyclic amines) is 1. The second-order valence-corrected chi connectivity index (χ2v) is 7.35. The number of alkyl halides is 2. The van der Waals surface area contributed by atoms with E-state index in [0.717, 1.165) is 31.8 Å². The molecule has 1 aromatic rings. The normalized spacial score (nSPS) is 19.7. The highest BCUT2D eigenvalue weighted by Crippen LogP contribution is 2.32. The van der Waals surface area contributed by atoms with Crippen LogP contribution in [0.2, 0.25) is 0 Å². The van der Waals surface area contributed by atoms with Gasteiger partial charge in [-0.1, -0.05) is 55.3 Å². The van der Waals surface area contributed by atoms with E-state index in [-0.39, 0.29) is 11.9 Å². The number of unbranched alkanes of at least 4 members (excludes halogenated alkanes) is 3. The lowest BCUT2D eigenvalue weighted by Crippen LogP contribution is -2.34. The van der Waals surface area contributed by atoms with Crippen LogP contribution in [0.1, 0.15) is 58.8 Å². The molecule has 1 aliphatic heterocycles. The Labute approximate surface area is 178 Å². The van der Waals surface area contributed by atoms with Gasteiger partial charge in [-0.3, -0.25) is 9.59 Å². The summed E-state index contributed by atoms with van der Waals surface area (Å²) >= 11 is 0. The molecule has 30 heavy (non-hydrogen) atoms. The Hall–Kier alpha value is -2.28. The average molecular weight is 426 g/mol. The fourth-order valence-corrected chi connectivity index (χ4v) is 3.49. The first kappa shape index (κ1) is 22.4. The Morgan fingerprint density at radius 1 is 1.33 bits per heavy atom. The first-order valence-corrected chi connectivity index (χ1v) is 10.5. The summed E-state index contributed by atoms with van der Waals surface area (Å²) < 4.78 is 41.9. The van der Waals surface area contributed by atoms with Gasteiger partial charge in [-0.25, -0.2) is 0 Å². The van der Waals surface area contributed by atoms with E-state index in [4.69, 9.17) is 6.11 Å². The van der Waals surface area contributed by atoms with Gasteiger partial charge in [-0.15, -0.1) is 0 Å². The Bertz CT molecular complexity index is 755. The highest BCUT2D eigenvalue weighted by Gasteiger charge is 2.39. The second-order valence-electron chi connectivity index (χ2n) is 7.35. The van der Waals surface area contributed by atoms with Gasteiger partial charge in [-0.2, -0.15) is 8.78 Å². The van der Waals surface area contributed by atoms with Crippen molar-refractivity contribution in [1.29, 1.82) is 0 Å². The van der Waals surface area contributed by atoms with Gasteiger partial charge in [-0.05, 0) is 26.2 Å². The number of hydrogen-bond acceptors (Lipinski definition) is 4. The molecule has 5 nitrogen and oxygen atoms in total. The highest BCUT2D eigenvalue weighted by molar-refractivity contribution is 5.79. The number of hydrogen-bond donors (Lipinski definition) is 1. The molecule has 2 atom stereocenters. The van der Waals surface area contributed by atoms with E-state index in [1.807, 2.05) is 0 Å². The summed E-state index contributed by atoms with van der Waals surface area (Å²) in [6, 6.07) is 6.34. The second kappa shape index (κ2) is 11.8. The number of benzene rings is 1. The largest absolute Gasteiger partial charge is 0.466 e. The molecule has 1 aromatic carbocycles. The van der Waals surface area contributed by atoms with Gasteiger partial charge in [0.2, 0.25) is 5.91 Å². The molecule has 1 aliphatic rings. The van der Waals surface area contributed by atoms with E-state index < -0.39 is 23.6 Å². The van der Waals surface area contributed by atoms with Crippen LogP contribution in [0, 0.1) is 0 Å². The first-order valence-electron chi connectivity index (χ1n) is 11.0. The zero-order valence-electron chi connectivity index (χ0n) is 18.4. The van der Waals surface area contributed by atoms with Gasteiger partial charge >= 0.3 is 11.9 Å². The number of nitrogens with zero attached hydrogens (tertiary/aromatic N) is 1. The quantitative estimate of drug-likeness (QED) is 0.310. The predicted molar refractivity (Wildman–Crippen MR) is 110 cm³/mol. The van der Waals surface area contributed by atoms with Crippen molar-refractivity contribution in [1.82, 2.24) is 4.90 Å². The number of amides is 1. The molecule has 0 saturated carbocycles. The number of aliphatic hydroxyl groups is 1. The van der Waals surface area contributed by atoms with Gasteiger partial charge < -0.3 is 14.7 Å². The standard InChI is InChI=1S/C23H31F2NO4/c1-2-30-22(29)12-8-3-4-9-17-26-19(14-16-21(26)28)13-15-20(27)23(24,25)18-10-6-5-7-11-18/h5-7,10-11,13,15,19-20,27H,2-4,8-9,12,14,16-17H2,1H3/t19-,20+/m0/s1/i20T. The SMILES string of the molecule is [3H][C@@](O)(C=C[C@H]1CCC(=O)N1CCCCCCC(=O)OCC)C(F)(F)c1ccccc1. The molecule has 166 valence electrons. The van der Waals surface area contributed by atoms with E-state index in [1.54, 1.807) is 17.9 Å². The van der Waals surface area contributed by atoms with Crippen LogP contribution in [0.15, 0.2) is 42.5 Å². The number of carbonyl (C=O) groups excluding carboxylic acids is 2. The third-order valence-corrected chi connectivity index (χ3v) is 5.14. The lowest BCUT2D eigenvalue weighted by atomic mass is 10.0. The van der Waals surface area contributed by atoms with Crippen molar-refractivity contribution >= 4 is 11.9 Å². The maximum atomic E-state index is 14.6. The lowest BCUT2D eigenvalue weighted by Gasteiger charge is -2.24. The molecule has 1 heterocycles. The van der Waals surface area contributed by atoms with Crippen LogP contribution >= 0.6 is 0 Å². The summed E-state index contributed by atoms with van der Waals surface area (Å²) in [6.07, 6.45) is 3.25. The molecule has 1 amide bonds. The molecule has 1 N–H and O–H groups in total. The summed E-state index contributed by atoms with van der Waals surface area (Å²) in [5.74, 6) is -4.07. The fourth-order valence-electron chi connectivity index (χ4n) is 3.49. The summed E-state index contributed by atoms with van der Waals surface area (Å²) in [6.45, 7) is 2.61. The van der Waals surface area contributed by atoms with Crippen LogP contribution in [0.4, 0.5) is 8.78 Å². The van der Waals surface area contributed by atoms with E-state index in [0.29, 0.717) is 32.4 Å². The minimum Gasteiger partial charge on any atom is -0.466 e. The maximum Gasteiger partial charge on any atom is 0.305 e. The molecule has 7 heteroatoms. The summed E-state index contributed by atoms with van der Waals surface area (Å²) in [4.78, 5) is 25.1. The van der Waals surface area contributed by atoms with Crippen molar-refractivity contribution in [3.63, 3.8) is 0 Å². The Morgan fingerprint density at radius 2 is 2.03 bits per heavy atom. The Morgan fingerprint density at radius 3 is 2.73 bits per heavy atom. The molecule has 2 rings (SSSR count). The molecular formula is C23H31F2NO4. The van der Waals surface area contributed by atoms with Gasteiger partial charge in [0.15, 0.2) is 0 Å². The first-order chi connectivity index (χ1) is 14.7. The van der Waals surface area contributed by atoms with E-state index in [9.17, 15) is 23.5 Å². The van der Waals surface area contributed by atoms with Gasteiger partial charge in [0.25, 0.3) is 0 Å². The molecule has 0 spiro atoms. The van der Waals surface area contributed by atoms with Crippen LogP contribution in [0.25, 0.3) is 0 Å². The zero-order chi connectivity index (χ0) is 22.9. The molecular weight excluding hydrogens is 392 g/mol. The number of ether oxygens (including phenoxy) is 1. The van der Waals surface area contributed by atoms with Crippen LogP contribution < -0.4 is 0 Å². The highest BCUT2D eigenvalue weighted by atomic mass is 19.3. The van der Waals surface area contributed by atoms with Crippen LogP contribution in [0.5, 0.6) is 0 Å². The van der Waals surface area contributed by atoms with Crippen molar-refractivity contribution in [2.45, 2.75) is 69.9 Å². The van der Waals surface area contributed by atoms with E-state index >= 15 is 0 Å². The van der Waals surface area contributed by atoms with E-state index in [2.05, 4.69) is 0 Å². The third-order valence-electron chi connectivity index (χ3n) is 5.14. The number of rotatable bonds is 12. The molecule has 0 bridgehead atoms. The van der Waals surface area contributed by atoms with Crippen molar-refractivity contribution in [3.8, 4) is 0 Å². The van der Waals surface area contributed by atoms with Crippen LogP contribution in [0.3, 0.4) is 0 Å². The van der Waals surface area contributed by atoms with Crippen molar-refractivity contribution in [2.75, 3.05) is 13.2 Å². The van der Waals surface area contributed by atoms with Crippen molar-refractivity contribution < 1.29 is 29.6 Å². The predicted octanol–water partition coefficient (Wildman–Crippen LogP) is 4.20. The third kappa shape index (κ3) is 6.90. The van der Waals surface area contributed by atoms with Crippen molar-refractivity contribution in [3.05, 3.63) is 48.0 Å². The van der Waals surface area contributed by atoms with Gasteiger partial charge in [0, 0.05) is 24.9 Å². The molecule has 0 aliphatic carbocycles. The van der Waals surface area contributed by atoms with Crippen molar-refractivity contribution in [2.24, 2.45) is 0 Å². The fraction of sp³-hybridized carbons (Fsp3) is 0.565. The minimum absolute atomic E-state index is 0.0653. The molecule has 0 radical (unpaired) electrons. The van der Waals surface area contributed by atoms with E-state index in [1.165, 1.54) is 30.3 Å². The number of halogens is 2. The molecule has 0 unspecified atom stereocenters. The topological polar surface area (TPSA) is 66.8 Å². The molecule has 0 aromatic heterocycles. The van der Waals surface area contributed by atoms with Crippen LogP contribution in [-0.4, -0.2) is 47.2 Å².